The summed E-state index contributed by atoms with van der Waals surface area (Å²) in [6.07, 6.45) is 3.32. The second-order valence-corrected chi connectivity index (χ2v) is 4.30. The molecule has 6 heteroatoms. The summed E-state index contributed by atoms with van der Waals surface area (Å²) in [5, 5.41) is 15.4. The molecule has 1 heterocycles. The number of nitrogens with one attached hydrogen (secondary N) is 1. The molecule has 0 unspecified atom stereocenters. The molecule has 1 amide bonds. The lowest BCUT2D eigenvalue weighted by molar-refractivity contribution is -0.122. The van der Waals surface area contributed by atoms with E-state index in [1.165, 1.54) is 17.3 Å². The monoisotopic (exact) mass is 284 g/mol. The van der Waals surface area contributed by atoms with Crippen LogP contribution in [-0.4, -0.2) is 32.4 Å². The zero-order valence-corrected chi connectivity index (χ0v) is 11.5. The molecule has 0 fully saturated rings. The van der Waals surface area contributed by atoms with Gasteiger partial charge in [-0.05, 0) is 11.6 Å². The Kier molecular flexibility index (Phi) is 5.50. The first-order valence-corrected chi connectivity index (χ1v) is 6.56. The fourth-order valence-electron chi connectivity index (χ4n) is 1.72. The highest BCUT2D eigenvalue weighted by molar-refractivity contribution is 5.75. The number of carbonyl (C=O) groups excluding carboxylic acids is 1. The van der Waals surface area contributed by atoms with Gasteiger partial charge in [0, 0.05) is 18.5 Å². The third kappa shape index (κ3) is 4.75. The zero-order valence-electron chi connectivity index (χ0n) is 11.5. The number of rotatable bonds is 5. The molecule has 21 heavy (non-hydrogen) atoms. The van der Waals surface area contributed by atoms with Gasteiger partial charge in [0.2, 0.25) is 5.91 Å². The molecule has 0 atom stereocenters. The molecule has 0 aliphatic heterocycles. The summed E-state index contributed by atoms with van der Waals surface area (Å²) in [7, 11) is 0. The highest BCUT2D eigenvalue weighted by Crippen LogP contribution is 2.07. The van der Waals surface area contributed by atoms with E-state index in [1.54, 1.807) is 0 Å². The second-order valence-electron chi connectivity index (χ2n) is 4.30. The van der Waals surface area contributed by atoms with Crippen molar-refractivity contribution in [2.75, 3.05) is 6.61 Å². The van der Waals surface area contributed by atoms with Gasteiger partial charge in [-0.15, -0.1) is 0 Å². The van der Waals surface area contributed by atoms with Crippen LogP contribution in [0.25, 0.3) is 0 Å². The van der Waals surface area contributed by atoms with E-state index in [4.69, 9.17) is 5.11 Å². The van der Waals surface area contributed by atoms with Gasteiger partial charge in [-0.3, -0.25) is 4.79 Å². The fourth-order valence-corrected chi connectivity index (χ4v) is 1.72. The molecule has 2 rings (SSSR count). The van der Waals surface area contributed by atoms with Crippen LogP contribution in [0, 0.1) is 11.8 Å². The average Bonchev–Trinajstić information content (AvgIpc) is 2.99. The fraction of sp³-hybridized carbons (Fsp3) is 0.267. The summed E-state index contributed by atoms with van der Waals surface area (Å²) in [5.41, 5.74) is 1.79. The Labute approximate surface area is 122 Å². The van der Waals surface area contributed by atoms with Crippen molar-refractivity contribution in [3.63, 3.8) is 0 Å². The summed E-state index contributed by atoms with van der Waals surface area (Å²) in [6.45, 7) is 0.583. The molecule has 0 spiro atoms. The van der Waals surface area contributed by atoms with Crippen molar-refractivity contribution in [1.29, 1.82) is 0 Å². The Balaban J connectivity index is 1.94. The highest BCUT2D eigenvalue weighted by Gasteiger charge is 2.04. The van der Waals surface area contributed by atoms with Crippen LogP contribution in [0.3, 0.4) is 0 Å². The first-order chi connectivity index (χ1) is 10.3. The van der Waals surface area contributed by atoms with E-state index < -0.39 is 0 Å². The SMILES string of the molecule is O=C(Cn1cncn1)NCc1ccccc1C#CCCO. The van der Waals surface area contributed by atoms with Crippen LogP contribution in [0.15, 0.2) is 36.9 Å². The third-order valence-electron chi connectivity index (χ3n) is 2.73. The molecule has 1 aromatic carbocycles. The van der Waals surface area contributed by atoms with Gasteiger partial charge in [-0.2, -0.15) is 5.10 Å². The predicted octanol–water partition coefficient (Wildman–Crippen LogP) is 0.328. The topological polar surface area (TPSA) is 80.0 Å². The molecular weight excluding hydrogens is 268 g/mol. The number of benzene rings is 1. The van der Waals surface area contributed by atoms with E-state index in [9.17, 15) is 4.79 Å². The number of carbonyl (C=O) groups is 1. The van der Waals surface area contributed by atoms with E-state index >= 15 is 0 Å². The van der Waals surface area contributed by atoms with Gasteiger partial charge in [0.05, 0.1) is 6.61 Å². The summed E-state index contributed by atoms with van der Waals surface area (Å²) < 4.78 is 1.46. The maximum absolute atomic E-state index is 11.8. The highest BCUT2D eigenvalue weighted by atomic mass is 16.2. The quantitative estimate of drug-likeness (QED) is 0.775. The van der Waals surface area contributed by atoms with Gasteiger partial charge in [-0.25, -0.2) is 9.67 Å². The third-order valence-corrected chi connectivity index (χ3v) is 2.73. The zero-order chi connectivity index (χ0) is 14.9. The molecule has 108 valence electrons. The van der Waals surface area contributed by atoms with Gasteiger partial charge in [0.25, 0.3) is 0 Å². The van der Waals surface area contributed by atoms with E-state index in [2.05, 4.69) is 27.2 Å². The lowest BCUT2D eigenvalue weighted by atomic mass is 10.1. The number of aromatic nitrogens is 3. The van der Waals surface area contributed by atoms with Gasteiger partial charge in [0.15, 0.2) is 0 Å². The maximum atomic E-state index is 11.8. The largest absolute Gasteiger partial charge is 0.395 e. The molecule has 1 aromatic heterocycles. The minimum absolute atomic E-state index is 0.0454. The Hall–Kier alpha value is -2.65. The Morgan fingerprint density at radius 1 is 1.38 bits per heavy atom. The summed E-state index contributed by atoms with van der Waals surface area (Å²) in [5.74, 6) is 5.74. The average molecular weight is 284 g/mol. The molecule has 2 N–H and O–H groups in total. The Morgan fingerprint density at radius 3 is 3.00 bits per heavy atom. The van der Waals surface area contributed by atoms with Crippen molar-refractivity contribution in [1.82, 2.24) is 20.1 Å². The smallest absolute Gasteiger partial charge is 0.242 e. The van der Waals surface area contributed by atoms with E-state index in [1.807, 2.05) is 24.3 Å². The molecule has 6 nitrogen and oxygen atoms in total. The molecule has 0 bridgehead atoms. The van der Waals surface area contributed by atoms with Crippen LogP contribution in [-0.2, 0) is 17.9 Å². The van der Waals surface area contributed by atoms with Gasteiger partial charge in [-0.1, -0.05) is 30.0 Å². The van der Waals surface area contributed by atoms with Crippen molar-refractivity contribution in [3.05, 3.63) is 48.0 Å². The molecule has 0 saturated heterocycles. The molecular formula is C15H16N4O2. The van der Waals surface area contributed by atoms with Crippen molar-refractivity contribution in [3.8, 4) is 11.8 Å². The summed E-state index contributed by atoms with van der Waals surface area (Å²) >= 11 is 0. The molecule has 0 radical (unpaired) electrons. The molecule has 0 saturated carbocycles. The van der Waals surface area contributed by atoms with Crippen molar-refractivity contribution < 1.29 is 9.90 Å². The number of hydrogen-bond donors (Lipinski definition) is 2. The second kappa shape index (κ2) is 7.82. The first kappa shape index (κ1) is 14.8. The van der Waals surface area contributed by atoms with E-state index in [0.717, 1.165) is 11.1 Å². The van der Waals surface area contributed by atoms with Gasteiger partial charge >= 0.3 is 0 Å². The minimum atomic E-state index is -0.140. The van der Waals surface area contributed by atoms with Crippen LogP contribution >= 0.6 is 0 Å². The van der Waals surface area contributed by atoms with Crippen LogP contribution in [0.4, 0.5) is 0 Å². The lowest BCUT2D eigenvalue weighted by Gasteiger charge is -2.07. The molecule has 2 aromatic rings. The molecule has 0 aliphatic rings. The van der Waals surface area contributed by atoms with Gasteiger partial charge < -0.3 is 10.4 Å². The standard InChI is InChI=1S/C15H16N4O2/c20-8-4-3-6-13-5-1-2-7-14(13)9-17-15(21)10-19-12-16-11-18-19/h1-2,5,7,11-12,20H,4,8-10H2,(H,17,21). The van der Waals surface area contributed by atoms with E-state index in [0.29, 0.717) is 13.0 Å². The van der Waals surface area contributed by atoms with Crippen molar-refractivity contribution >= 4 is 5.91 Å². The van der Waals surface area contributed by atoms with Crippen molar-refractivity contribution in [2.24, 2.45) is 0 Å². The normalized spacial score (nSPS) is 9.76. The van der Waals surface area contributed by atoms with Crippen molar-refractivity contribution in [2.45, 2.75) is 19.5 Å². The van der Waals surface area contributed by atoms with Crippen LogP contribution in [0.1, 0.15) is 17.5 Å². The summed E-state index contributed by atoms with van der Waals surface area (Å²) in [6, 6.07) is 7.60. The number of aliphatic hydroxyl groups excluding tert-OH is 1. The predicted molar refractivity (Wildman–Crippen MR) is 76.9 cm³/mol. The van der Waals surface area contributed by atoms with Gasteiger partial charge in [0.1, 0.15) is 19.2 Å². The number of amides is 1. The number of aliphatic hydroxyl groups is 1. The maximum Gasteiger partial charge on any atom is 0.242 e. The first-order valence-electron chi connectivity index (χ1n) is 6.56. The van der Waals surface area contributed by atoms with Crippen LogP contribution < -0.4 is 5.32 Å². The van der Waals surface area contributed by atoms with E-state index in [-0.39, 0.29) is 19.1 Å². The number of nitrogens with zero attached hydrogens (tertiary/aromatic N) is 3. The van der Waals surface area contributed by atoms with Crippen LogP contribution in [0.2, 0.25) is 0 Å². The molecule has 0 aliphatic carbocycles. The lowest BCUT2D eigenvalue weighted by Crippen LogP contribution is -2.27. The summed E-state index contributed by atoms with van der Waals surface area (Å²) in [4.78, 5) is 15.6. The Bertz CT molecular complexity index is 641. The minimum Gasteiger partial charge on any atom is -0.395 e. The number of hydrogen-bond acceptors (Lipinski definition) is 4. The van der Waals surface area contributed by atoms with Crippen LogP contribution in [0.5, 0.6) is 0 Å². The Morgan fingerprint density at radius 2 is 2.24 bits per heavy atom.